The summed E-state index contributed by atoms with van der Waals surface area (Å²) in [4.78, 5) is 14.3. The number of rotatable bonds is 5. The summed E-state index contributed by atoms with van der Waals surface area (Å²) in [6.07, 6.45) is 1.80. The maximum Gasteiger partial charge on any atom is 0.245 e. The highest BCUT2D eigenvalue weighted by Crippen LogP contribution is 2.26. The molecule has 1 fully saturated rings. The third-order valence-corrected chi connectivity index (χ3v) is 6.05. The molecule has 0 amide bonds. The van der Waals surface area contributed by atoms with Gasteiger partial charge < -0.3 is 4.90 Å². The molecule has 0 aliphatic carbocycles. The van der Waals surface area contributed by atoms with E-state index in [9.17, 15) is 0 Å². The van der Waals surface area contributed by atoms with Gasteiger partial charge in [0.05, 0.1) is 22.1 Å². The maximum absolute atomic E-state index is 4.82. The summed E-state index contributed by atoms with van der Waals surface area (Å²) in [6.45, 7) is 15.7. The predicted octanol–water partition coefficient (Wildman–Crippen LogP) is 3.07. The average Bonchev–Trinajstić information content (AvgIpc) is 3.10. The first-order valence-corrected chi connectivity index (χ1v) is 10.4. The van der Waals surface area contributed by atoms with Crippen LogP contribution in [-0.4, -0.2) is 51.2 Å². The largest absolute Gasteiger partial charge is 0.337 e. The van der Waals surface area contributed by atoms with Gasteiger partial charge in [0.15, 0.2) is 0 Å². The minimum absolute atomic E-state index is 0.133. The third-order valence-electron chi connectivity index (χ3n) is 4.73. The molecule has 0 spiro atoms. The van der Waals surface area contributed by atoms with Crippen molar-refractivity contribution in [1.82, 2.24) is 25.1 Å². The summed E-state index contributed by atoms with van der Waals surface area (Å²) in [7, 11) is 0. The highest BCUT2D eigenvalue weighted by atomic mass is 32.1. The van der Waals surface area contributed by atoms with E-state index >= 15 is 0 Å². The van der Waals surface area contributed by atoms with Crippen molar-refractivity contribution < 1.29 is 0 Å². The molecule has 2 aromatic heterocycles. The monoisotopic (exact) mass is 374 g/mol. The number of hydrogen-bond donors (Lipinski definition) is 0. The molecule has 26 heavy (non-hydrogen) atoms. The molecule has 0 radical (unpaired) electrons. The van der Waals surface area contributed by atoms with Gasteiger partial charge in [-0.15, -0.1) is 16.4 Å². The molecule has 1 aliphatic rings. The van der Waals surface area contributed by atoms with Crippen LogP contribution in [0.1, 0.15) is 56.7 Å². The van der Waals surface area contributed by atoms with Crippen LogP contribution in [0.15, 0.2) is 5.38 Å². The lowest BCUT2D eigenvalue weighted by Gasteiger charge is -2.34. The maximum atomic E-state index is 4.82. The van der Waals surface area contributed by atoms with E-state index < -0.39 is 0 Å². The summed E-state index contributed by atoms with van der Waals surface area (Å²) in [6, 6.07) is 0. The van der Waals surface area contributed by atoms with Gasteiger partial charge in [0.1, 0.15) is 0 Å². The SMILES string of the molecule is CCc1nnc(N2CCN(Cc3csc(C(C)(C)C)n3)CC2)nc1CC. The highest BCUT2D eigenvalue weighted by molar-refractivity contribution is 7.09. The van der Waals surface area contributed by atoms with Crippen molar-refractivity contribution >= 4 is 17.3 Å². The number of thiazole rings is 1. The van der Waals surface area contributed by atoms with E-state index in [1.165, 1.54) is 10.7 Å². The predicted molar refractivity (Wildman–Crippen MR) is 107 cm³/mol. The molecule has 3 heterocycles. The first-order valence-electron chi connectivity index (χ1n) is 9.55. The van der Waals surface area contributed by atoms with E-state index in [1.54, 1.807) is 11.3 Å². The Hall–Kier alpha value is -1.60. The second-order valence-corrected chi connectivity index (χ2v) is 8.73. The van der Waals surface area contributed by atoms with E-state index in [0.717, 1.165) is 62.9 Å². The molecule has 0 unspecified atom stereocenters. The molecule has 0 atom stereocenters. The van der Waals surface area contributed by atoms with Gasteiger partial charge in [-0.25, -0.2) is 9.97 Å². The summed E-state index contributed by atoms with van der Waals surface area (Å²) in [5.74, 6) is 0.780. The smallest absolute Gasteiger partial charge is 0.245 e. The van der Waals surface area contributed by atoms with Crippen LogP contribution in [0.2, 0.25) is 0 Å². The Morgan fingerprint density at radius 1 is 0.962 bits per heavy atom. The van der Waals surface area contributed by atoms with Gasteiger partial charge in [0, 0.05) is 43.5 Å². The second kappa shape index (κ2) is 7.96. The van der Waals surface area contributed by atoms with E-state index in [4.69, 9.17) is 9.97 Å². The van der Waals surface area contributed by atoms with Crippen LogP contribution in [0.3, 0.4) is 0 Å². The van der Waals surface area contributed by atoms with E-state index in [1.807, 2.05) is 0 Å². The topological polar surface area (TPSA) is 58.0 Å². The van der Waals surface area contributed by atoms with E-state index in [2.05, 4.69) is 60.0 Å². The molecule has 142 valence electrons. The van der Waals surface area contributed by atoms with Crippen molar-refractivity contribution in [3.63, 3.8) is 0 Å². The van der Waals surface area contributed by atoms with Gasteiger partial charge >= 0.3 is 0 Å². The Morgan fingerprint density at radius 3 is 2.23 bits per heavy atom. The van der Waals surface area contributed by atoms with E-state index in [0.29, 0.717) is 0 Å². The van der Waals surface area contributed by atoms with Crippen LogP contribution in [0.5, 0.6) is 0 Å². The highest BCUT2D eigenvalue weighted by Gasteiger charge is 2.22. The van der Waals surface area contributed by atoms with Crippen LogP contribution in [-0.2, 0) is 24.8 Å². The van der Waals surface area contributed by atoms with Crippen LogP contribution < -0.4 is 4.90 Å². The zero-order chi connectivity index (χ0) is 18.7. The molecular weight excluding hydrogens is 344 g/mol. The Bertz CT molecular complexity index is 728. The lowest BCUT2D eigenvalue weighted by Crippen LogP contribution is -2.46. The molecule has 0 aromatic carbocycles. The fourth-order valence-corrected chi connectivity index (χ4v) is 4.02. The number of aromatic nitrogens is 4. The standard InChI is InChI=1S/C19H30N6S/c1-6-15-16(7-2)22-23-18(21-15)25-10-8-24(9-11-25)12-14-13-26-17(20-14)19(3,4)5/h13H,6-12H2,1-5H3. The number of aryl methyl sites for hydroxylation is 2. The molecule has 6 nitrogen and oxygen atoms in total. The fraction of sp³-hybridized carbons (Fsp3) is 0.684. The molecule has 1 aliphatic heterocycles. The second-order valence-electron chi connectivity index (χ2n) is 7.87. The minimum Gasteiger partial charge on any atom is -0.337 e. The Morgan fingerprint density at radius 2 is 1.65 bits per heavy atom. The van der Waals surface area contributed by atoms with Crippen molar-refractivity contribution in [2.24, 2.45) is 0 Å². The normalized spacial score (nSPS) is 16.3. The molecule has 2 aromatic rings. The lowest BCUT2D eigenvalue weighted by atomic mass is 9.98. The van der Waals surface area contributed by atoms with Gasteiger partial charge in [-0.3, -0.25) is 4.90 Å². The zero-order valence-corrected chi connectivity index (χ0v) is 17.4. The first-order chi connectivity index (χ1) is 12.4. The number of piperazine rings is 1. The number of nitrogens with zero attached hydrogens (tertiary/aromatic N) is 6. The summed E-state index contributed by atoms with van der Waals surface area (Å²) < 4.78 is 0. The Kier molecular flexibility index (Phi) is 5.87. The average molecular weight is 375 g/mol. The first kappa shape index (κ1) is 19.2. The van der Waals surface area contributed by atoms with Crippen molar-refractivity contribution in [2.45, 2.75) is 59.4 Å². The van der Waals surface area contributed by atoms with Gasteiger partial charge in [0.25, 0.3) is 0 Å². The van der Waals surface area contributed by atoms with Gasteiger partial charge in [-0.2, -0.15) is 5.10 Å². The summed E-state index contributed by atoms with van der Waals surface area (Å²) in [5.41, 5.74) is 3.42. The molecule has 3 rings (SSSR count). The Balaban J connectivity index is 1.58. The molecule has 0 saturated carbocycles. The summed E-state index contributed by atoms with van der Waals surface area (Å²) >= 11 is 1.77. The van der Waals surface area contributed by atoms with Gasteiger partial charge in [0.2, 0.25) is 5.95 Å². The van der Waals surface area contributed by atoms with Gasteiger partial charge in [-0.1, -0.05) is 34.6 Å². The van der Waals surface area contributed by atoms with E-state index in [-0.39, 0.29) is 5.41 Å². The van der Waals surface area contributed by atoms with Crippen LogP contribution >= 0.6 is 11.3 Å². The summed E-state index contributed by atoms with van der Waals surface area (Å²) in [5, 5.41) is 12.2. The van der Waals surface area contributed by atoms with Crippen LogP contribution in [0.4, 0.5) is 5.95 Å². The zero-order valence-electron chi connectivity index (χ0n) is 16.6. The quantitative estimate of drug-likeness (QED) is 0.802. The number of anilines is 1. The lowest BCUT2D eigenvalue weighted by molar-refractivity contribution is 0.246. The molecule has 7 heteroatoms. The molecule has 0 bridgehead atoms. The van der Waals surface area contributed by atoms with Crippen LogP contribution in [0.25, 0.3) is 0 Å². The number of hydrogen-bond acceptors (Lipinski definition) is 7. The fourth-order valence-electron chi connectivity index (χ4n) is 3.12. The van der Waals surface area contributed by atoms with Crippen molar-refractivity contribution in [3.05, 3.63) is 27.5 Å². The van der Waals surface area contributed by atoms with Gasteiger partial charge in [-0.05, 0) is 12.8 Å². The van der Waals surface area contributed by atoms with Crippen molar-refractivity contribution in [3.8, 4) is 0 Å². The Labute approximate surface area is 160 Å². The molecule has 1 saturated heterocycles. The third kappa shape index (κ3) is 4.38. The molecule has 0 N–H and O–H groups in total. The minimum atomic E-state index is 0.133. The molecular formula is C19H30N6S. The van der Waals surface area contributed by atoms with Crippen molar-refractivity contribution in [2.75, 3.05) is 31.1 Å². The van der Waals surface area contributed by atoms with Crippen molar-refractivity contribution in [1.29, 1.82) is 0 Å². The van der Waals surface area contributed by atoms with Crippen LogP contribution in [0, 0.1) is 0 Å².